The van der Waals surface area contributed by atoms with E-state index >= 15 is 0 Å². The van der Waals surface area contributed by atoms with Crippen molar-refractivity contribution < 1.29 is 22.3 Å². The van der Waals surface area contributed by atoms with E-state index in [1.54, 1.807) is 32.0 Å². The van der Waals surface area contributed by atoms with E-state index < -0.39 is 21.1 Å². The van der Waals surface area contributed by atoms with Gasteiger partial charge in [-0.2, -0.15) is 0 Å². The summed E-state index contributed by atoms with van der Waals surface area (Å²) in [6, 6.07) is 5.12. The predicted octanol–water partition coefficient (Wildman–Crippen LogP) is 5.75. The van der Waals surface area contributed by atoms with Gasteiger partial charge in [0.1, 0.15) is 23.0 Å². The third-order valence-electron chi connectivity index (χ3n) is 4.55. The van der Waals surface area contributed by atoms with Gasteiger partial charge in [0.25, 0.3) is 0 Å². The van der Waals surface area contributed by atoms with Crippen molar-refractivity contribution in [1.82, 2.24) is 4.72 Å². The van der Waals surface area contributed by atoms with Crippen LogP contribution in [0, 0.1) is 0 Å². The summed E-state index contributed by atoms with van der Waals surface area (Å²) in [5.41, 5.74) is 1.80. The first-order valence-corrected chi connectivity index (χ1v) is 12.6. The van der Waals surface area contributed by atoms with E-state index in [9.17, 15) is 12.8 Å². The molecule has 1 aromatic rings. The van der Waals surface area contributed by atoms with E-state index in [1.165, 1.54) is 20.3 Å². The first-order chi connectivity index (χ1) is 15.6. The van der Waals surface area contributed by atoms with Gasteiger partial charge < -0.3 is 14.8 Å². The second-order valence-electron chi connectivity index (χ2n) is 6.67. The molecule has 7 nitrogen and oxygen atoms in total. The molecule has 0 aliphatic rings. The Hall–Kier alpha value is -2.46. The molecular weight excluding hydrogens is 465 g/mol. The Morgan fingerprint density at radius 1 is 1.24 bits per heavy atom. The highest BCUT2D eigenvalue weighted by Gasteiger charge is 2.24. The number of benzene rings is 1. The Kier molecular flexibility index (Phi) is 14.2. The number of hydrogen-bond donors (Lipinski definition) is 2. The molecule has 2 N–H and O–H groups in total. The van der Waals surface area contributed by atoms with Crippen molar-refractivity contribution in [2.24, 2.45) is 4.99 Å². The number of allylic oxidation sites excluding steroid dienone is 4. The van der Waals surface area contributed by atoms with Gasteiger partial charge in [0.05, 0.1) is 25.7 Å². The number of ether oxygens (including phenoxy) is 2. The second kappa shape index (κ2) is 15.4. The van der Waals surface area contributed by atoms with Crippen molar-refractivity contribution in [2.75, 3.05) is 19.5 Å². The monoisotopic (exact) mass is 501 g/mol. The van der Waals surface area contributed by atoms with Crippen LogP contribution in [0.2, 0.25) is 0 Å². The zero-order valence-corrected chi connectivity index (χ0v) is 22.3. The van der Waals surface area contributed by atoms with Crippen molar-refractivity contribution in [3.63, 3.8) is 0 Å². The van der Waals surface area contributed by atoms with Crippen LogP contribution < -0.4 is 19.5 Å². The van der Waals surface area contributed by atoms with Crippen molar-refractivity contribution in [2.45, 2.75) is 59.6 Å². The maximum absolute atomic E-state index is 13.4. The van der Waals surface area contributed by atoms with E-state index in [1.807, 2.05) is 27.7 Å². The molecule has 0 bridgehead atoms. The molecule has 1 rings (SSSR count). The number of nitrogens with zero attached hydrogens (tertiary/aromatic N) is 1. The molecule has 1 unspecified atom stereocenters. The number of nitrogens with one attached hydrogen (secondary N) is 2. The maximum atomic E-state index is 13.4. The van der Waals surface area contributed by atoms with Crippen LogP contribution >= 0.6 is 12.2 Å². The third-order valence-corrected chi connectivity index (χ3v) is 6.60. The number of thiocarbonyl (C=S) groups is 1. The summed E-state index contributed by atoms with van der Waals surface area (Å²) >= 11 is 5.20. The highest BCUT2D eigenvalue weighted by atomic mass is 32.2. The molecule has 0 spiro atoms. The third kappa shape index (κ3) is 9.91. The number of aliphatic imine (C=N–C) groups is 1. The molecule has 186 valence electrons. The van der Waals surface area contributed by atoms with E-state index in [-0.39, 0.29) is 11.5 Å². The van der Waals surface area contributed by atoms with Gasteiger partial charge in [-0.05, 0) is 51.5 Å². The van der Waals surface area contributed by atoms with E-state index in [0.717, 1.165) is 11.8 Å². The Labute approximate surface area is 203 Å². The number of anilines is 1. The number of para-hydroxylation sites is 1. The molecule has 33 heavy (non-hydrogen) atoms. The molecule has 0 amide bonds. The molecule has 0 saturated heterocycles. The Morgan fingerprint density at radius 2 is 1.79 bits per heavy atom. The lowest BCUT2D eigenvalue weighted by Gasteiger charge is -2.19. The molecule has 0 aromatic heterocycles. The molecule has 0 aliphatic heterocycles. The summed E-state index contributed by atoms with van der Waals surface area (Å²) in [6.07, 6.45) is 3.13. The normalized spacial score (nSPS) is 13.4. The van der Waals surface area contributed by atoms with Crippen LogP contribution in [0.4, 0.5) is 10.1 Å². The molecule has 0 saturated carbocycles. The largest absolute Gasteiger partial charge is 0.494 e. The van der Waals surface area contributed by atoms with Gasteiger partial charge in [0, 0.05) is 12.1 Å². The van der Waals surface area contributed by atoms with E-state index in [0.29, 0.717) is 29.3 Å². The highest BCUT2D eigenvalue weighted by Crippen LogP contribution is 2.34. The molecule has 10 heteroatoms. The number of methoxy groups -OCH3 is 2. The van der Waals surface area contributed by atoms with Gasteiger partial charge in [0.15, 0.2) is 5.11 Å². The fourth-order valence-corrected chi connectivity index (χ4v) is 3.82. The maximum Gasteiger partial charge on any atom is 0.237 e. The second-order valence-corrected chi connectivity index (χ2v) is 9.17. The number of halogens is 1. The number of sulfonamides is 1. The summed E-state index contributed by atoms with van der Waals surface area (Å²) in [4.78, 5) is 4.15. The molecule has 1 aromatic carbocycles. The quantitative estimate of drug-likeness (QED) is 0.313. The minimum Gasteiger partial charge on any atom is -0.494 e. The minimum atomic E-state index is -3.85. The number of rotatable bonds is 10. The SMILES string of the molecule is CC.C\C=C(F)/C=N/C(CC(C)S(=O)(=O)NC(=S)Nc1c(OC)cccc1OC)=C(\C)CC. The van der Waals surface area contributed by atoms with Crippen LogP contribution in [-0.2, 0) is 10.0 Å². The topological polar surface area (TPSA) is 89.0 Å². The van der Waals surface area contributed by atoms with Gasteiger partial charge in [0.2, 0.25) is 10.0 Å². The Morgan fingerprint density at radius 3 is 2.24 bits per heavy atom. The summed E-state index contributed by atoms with van der Waals surface area (Å²) in [7, 11) is -0.887. The average molecular weight is 502 g/mol. The standard InChI is InChI=1S/C21H30FN3O4S2.C2H6/c1-7-14(3)17(23-13-16(22)8-2)12-15(4)31(26,27)25-21(30)24-20-18(28-5)10-9-11-19(20)29-6;1-2/h8-11,13,15H,7,12H2,1-6H3,(H2,24,25,30);1-2H3/b16-8+,17-14+,23-13+;. The highest BCUT2D eigenvalue weighted by molar-refractivity contribution is 7.92. The summed E-state index contributed by atoms with van der Waals surface area (Å²) in [6.45, 7) is 10.9. The molecule has 1 atom stereocenters. The van der Waals surface area contributed by atoms with Crippen molar-refractivity contribution >= 4 is 39.3 Å². The summed E-state index contributed by atoms with van der Waals surface area (Å²) in [5.74, 6) is 0.391. The fraction of sp³-hybridized carbons (Fsp3) is 0.478. The Balaban J connectivity index is 0.00000497. The van der Waals surface area contributed by atoms with Crippen LogP contribution in [0.15, 0.2) is 46.4 Å². The Bertz CT molecular complexity index is 952. The molecule has 0 fully saturated rings. The molecule has 0 radical (unpaired) electrons. The van der Waals surface area contributed by atoms with Crippen molar-refractivity contribution in [3.05, 3.63) is 41.4 Å². The van der Waals surface area contributed by atoms with Gasteiger partial charge in [-0.15, -0.1) is 0 Å². The first kappa shape index (κ1) is 30.5. The lowest BCUT2D eigenvalue weighted by atomic mass is 10.1. The van der Waals surface area contributed by atoms with Gasteiger partial charge in [-0.3, -0.25) is 9.71 Å². The van der Waals surface area contributed by atoms with Gasteiger partial charge >= 0.3 is 0 Å². The predicted molar refractivity (Wildman–Crippen MR) is 140 cm³/mol. The van der Waals surface area contributed by atoms with Crippen LogP contribution in [0.1, 0.15) is 54.4 Å². The first-order valence-electron chi connectivity index (χ1n) is 10.7. The lowest BCUT2D eigenvalue weighted by Crippen LogP contribution is -2.39. The molecule has 0 aliphatic carbocycles. The van der Waals surface area contributed by atoms with Crippen LogP contribution in [-0.4, -0.2) is 39.2 Å². The van der Waals surface area contributed by atoms with E-state index in [4.69, 9.17) is 21.7 Å². The molecule has 0 heterocycles. The average Bonchev–Trinajstić information content (AvgIpc) is 2.81. The number of hydrogen-bond acceptors (Lipinski definition) is 6. The zero-order chi connectivity index (χ0) is 25.6. The van der Waals surface area contributed by atoms with Gasteiger partial charge in [-0.25, -0.2) is 12.8 Å². The van der Waals surface area contributed by atoms with Crippen molar-refractivity contribution in [1.29, 1.82) is 0 Å². The van der Waals surface area contributed by atoms with Gasteiger partial charge in [-0.1, -0.05) is 38.5 Å². The van der Waals surface area contributed by atoms with Crippen LogP contribution in [0.3, 0.4) is 0 Å². The smallest absolute Gasteiger partial charge is 0.237 e. The van der Waals surface area contributed by atoms with Crippen LogP contribution in [0.25, 0.3) is 0 Å². The van der Waals surface area contributed by atoms with Crippen LogP contribution in [0.5, 0.6) is 11.5 Å². The summed E-state index contributed by atoms with van der Waals surface area (Å²) in [5, 5.41) is 1.82. The minimum absolute atomic E-state index is 0.100. The summed E-state index contributed by atoms with van der Waals surface area (Å²) < 4.78 is 52.0. The van der Waals surface area contributed by atoms with Crippen molar-refractivity contribution in [3.8, 4) is 11.5 Å². The molecular formula is C23H36FN3O4S2. The zero-order valence-electron chi connectivity index (χ0n) is 20.7. The van der Waals surface area contributed by atoms with E-state index in [2.05, 4.69) is 15.0 Å². The fourth-order valence-electron chi connectivity index (χ4n) is 2.48. The lowest BCUT2D eigenvalue weighted by molar-refractivity contribution is 0.398.